The van der Waals surface area contributed by atoms with Gasteiger partial charge in [-0.1, -0.05) is 36.4 Å². The minimum Gasteiger partial charge on any atom is -0.337 e. The van der Waals surface area contributed by atoms with Crippen LogP contribution >= 0.6 is 23.1 Å². The lowest BCUT2D eigenvalue weighted by Crippen LogP contribution is -2.33. The van der Waals surface area contributed by atoms with Crippen LogP contribution in [0.25, 0.3) is 10.8 Å². The van der Waals surface area contributed by atoms with Crippen LogP contribution in [0.3, 0.4) is 0 Å². The topological polar surface area (TPSA) is 102 Å². The Labute approximate surface area is 234 Å². The number of nitrogens with one attached hydrogen (secondary N) is 2. The first kappa shape index (κ1) is 26.5. The minimum atomic E-state index is -0.448. The highest BCUT2D eigenvalue weighted by Gasteiger charge is 2.27. The maximum absolute atomic E-state index is 13.1. The summed E-state index contributed by atoms with van der Waals surface area (Å²) >= 11 is 2.73. The molecule has 1 unspecified atom stereocenters. The highest BCUT2D eigenvalue weighted by Crippen LogP contribution is 2.37. The number of anilines is 2. The monoisotopic (exact) mass is 554 g/mol. The van der Waals surface area contributed by atoms with E-state index in [0.29, 0.717) is 41.3 Å². The molecule has 4 aromatic rings. The fraction of sp³-hybridized carbons (Fsp3) is 0.200. The number of carbonyl (C=O) groups excluding carboxylic acids is 3. The van der Waals surface area contributed by atoms with Gasteiger partial charge in [-0.15, -0.1) is 23.1 Å². The number of thiophene rings is 1. The molecule has 0 saturated carbocycles. The third-order valence-electron chi connectivity index (χ3n) is 6.64. The van der Waals surface area contributed by atoms with Gasteiger partial charge in [0.1, 0.15) is 11.1 Å². The number of carbonyl (C=O) groups is 3. The van der Waals surface area contributed by atoms with E-state index in [-0.39, 0.29) is 17.7 Å². The number of nitrogens with zero attached hydrogens (tertiary/aromatic N) is 2. The molecule has 39 heavy (non-hydrogen) atoms. The highest BCUT2D eigenvalue weighted by atomic mass is 32.2. The Morgan fingerprint density at radius 1 is 1.03 bits per heavy atom. The van der Waals surface area contributed by atoms with Crippen LogP contribution in [0, 0.1) is 11.3 Å². The fourth-order valence-electron chi connectivity index (χ4n) is 4.53. The average molecular weight is 555 g/mol. The Balaban J connectivity index is 1.24. The van der Waals surface area contributed by atoms with Gasteiger partial charge in [-0.3, -0.25) is 14.4 Å². The highest BCUT2D eigenvalue weighted by molar-refractivity contribution is 8.00. The van der Waals surface area contributed by atoms with E-state index < -0.39 is 5.25 Å². The largest absolute Gasteiger partial charge is 0.337 e. The second-order valence-electron chi connectivity index (χ2n) is 9.30. The molecule has 0 radical (unpaired) electrons. The first-order valence-electron chi connectivity index (χ1n) is 12.5. The number of hydrogen-bond donors (Lipinski definition) is 2. The molecule has 0 spiro atoms. The number of hydrogen-bond acceptors (Lipinski definition) is 6. The quantitative estimate of drug-likeness (QED) is 0.283. The van der Waals surface area contributed by atoms with Crippen LogP contribution in [0.2, 0.25) is 0 Å². The van der Waals surface area contributed by atoms with Gasteiger partial charge in [-0.25, -0.2) is 0 Å². The van der Waals surface area contributed by atoms with Gasteiger partial charge >= 0.3 is 0 Å². The second kappa shape index (κ2) is 11.3. The van der Waals surface area contributed by atoms with Gasteiger partial charge in [-0.05, 0) is 60.0 Å². The van der Waals surface area contributed by atoms with E-state index in [4.69, 9.17) is 0 Å². The van der Waals surface area contributed by atoms with E-state index in [1.54, 1.807) is 17.9 Å². The Bertz CT molecular complexity index is 1640. The van der Waals surface area contributed by atoms with Gasteiger partial charge < -0.3 is 15.5 Å². The first-order valence-corrected chi connectivity index (χ1v) is 14.2. The Morgan fingerprint density at radius 3 is 2.59 bits per heavy atom. The summed E-state index contributed by atoms with van der Waals surface area (Å²) in [5.74, 6) is -0.425. The molecule has 2 N–H and O–H groups in total. The summed E-state index contributed by atoms with van der Waals surface area (Å²) in [4.78, 5) is 41.2. The molecule has 3 aromatic carbocycles. The van der Waals surface area contributed by atoms with E-state index in [1.807, 2.05) is 60.7 Å². The SMILES string of the molecule is CC(=O)N1CCc2c(sc(NC(=O)C(C)Sc3cccc(NC(=O)c4ccc5ccccc5c4)c3)c2C#N)C1. The van der Waals surface area contributed by atoms with Crippen LogP contribution in [0.4, 0.5) is 10.7 Å². The lowest BCUT2D eigenvalue weighted by molar-refractivity contribution is -0.129. The second-order valence-corrected chi connectivity index (χ2v) is 11.8. The molecule has 1 aromatic heterocycles. The molecule has 0 bridgehead atoms. The van der Waals surface area contributed by atoms with Gasteiger partial charge in [-0.2, -0.15) is 5.26 Å². The molecular weight excluding hydrogens is 528 g/mol. The Kier molecular flexibility index (Phi) is 7.68. The molecule has 0 fully saturated rings. The maximum atomic E-state index is 13.1. The van der Waals surface area contributed by atoms with Gasteiger partial charge in [0.15, 0.2) is 0 Å². The molecule has 1 aliphatic heterocycles. The summed E-state index contributed by atoms with van der Waals surface area (Å²) in [5, 5.41) is 17.8. The molecule has 0 aliphatic carbocycles. The van der Waals surface area contributed by atoms with Crippen molar-refractivity contribution >= 4 is 62.3 Å². The van der Waals surface area contributed by atoms with Crippen LogP contribution < -0.4 is 10.6 Å². The fourth-order valence-corrected chi connectivity index (χ4v) is 6.67. The Hall–Kier alpha value is -4.13. The van der Waals surface area contributed by atoms with Gasteiger partial charge in [0, 0.05) is 34.5 Å². The van der Waals surface area contributed by atoms with Crippen LogP contribution in [-0.2, 0) is 22.6 Å². The number of benzene rings is 3. The number of fused-ring (bicyclic) bond motifs is 2. The van der Waals surface area contributed by atoms with Crippen molar-refractivity contribution in [3.05, 3.63) is 88.3 Å². The van der Waals surface area contributed by atoms with Crippen LogP contribution in [-0.4, -0.2) is 34.4 Å². The molecule has 0 saturated heterocycles. The number of thioether (sulfide) groups is 1. The average Bonchev–Trinajstić information content (AvgIpc) is 3.28. The molecule has 9 heteroatoms. The number of nitriles is 1. The van der Waals surface area contributed by atoms with Gasteiger partial charge in [0.25, 0.3) is 5.91 Å². The first-order chi connectivity index (χ1) is 18.8. The van der Waals surface area contributed by atoms with Crippen molar-refractivity contribution in [2.75, 3.05) is 17.2 Å². The third-order valence-corrected chi connectivity index (χ3v) is 8.86. The van der Waals surface area contributed by atoms with Crippen molar-refractivity contribution < 1.29 is 14.4 Å². The summed E-state index contributed by atoms with van der Waals surface area (Å²) in [6, 6.07) is 23.1. The number of rotatable bonds is 6. The summed E-state index contributed by atoms with van der Waals surface area (Å²) < 4.78 is 0. The zero-order valence-electron chi connectivity index (χ0n) is 21.5. The number of amides is 3. The molecular formula is C30H26N4O3S2. The van der Waals surface area contributed by atoms with E-state index in [1.165, 1.54) is 30.0 Å². The normalized spacial score (nSPS) is 13.3. The lowest BCUT2D eigenvalue weighted by atomic mass is 10.0. The van der Waals surface area contributed by atoms with Crippen LogP contribution in [0.1, 0.15) is 40.2 Å². The molecule has 7 nitrogen and oxygen atoms in total. The van der Waals surface area contributed by atoms with Crippen molar-refractivity contribution in [2.24, 2.45) is 0 Å². The van der Waals surface area contributed by atoms with Crippen LogP contribution in [0.15, 0.2) is 71.6 Å². The molecule has 1 atom stereocenters. The summed E-state index contributed by atoms with van der Waals surface area (Å²) in [7, 11) is 0. The minimum absolute atomic E-state index is 0.00107. The van der Waals surface area contributed by atoms with Gasteiger partial charge in [0.05, 0.1) is 17.4 Å². The van der Waals surface area contributed by atoms with E-state index >= 15 is 0 Å². The third kappa shape index (κ3) is 5.82. The van der Waals surface area contributed by atoms with Crippen molar-refractivity contribution in [3.63, 3.8) is 0 Å². The van der Waals surface area contributed by atoms with Crippen molar-refractivity contribution in [3.8, 4) is 6.07 Å². The molecule has 5 rings (SSSR count). The van der Waals surface area contributed by atoms with Crippen molar-refractivity contribution in [1.82, 2.24) is 4.90 Å². The van der Waals surface area contributed by atoms with E-state index in [9.17, 15) is 19.6 Å². The van der Waals surface area contributed by atoms with Crippen molar-refractivity contribution in [1.29, 1.82) is 5.26 Å². The summed E-state index contributed by atoms with van der Waals surface area (Å²) in [5.41, 5.74) is 2.61. The van der Waals surface area contributed by atoms with E-state index in [2.05, 4.69) is 16.7 Å². The smallest absolute Gasteiger partial charge is 0.255 e. The molecule has 2 heterocycles. The summed E-state index contributed by atoms with van der Waals surface area (Å²) in [6.07, 6.45) is 0.603. The predicted octanol–water partition coefficient (Wildman–Crippen LogP) is 6.05. The van der Waals surface area contributed by atoms with Crippen LogP contribution in [0.5, 0.6) is 0 Å². The zero-order valence-corrected chi connectivity index (χ0v) is 23.1. The molecule has 196 valence electrons. The zero-order chi connectivity index (χ0) is 27.5. The lowest BCUT2D eigenvalue weighted by Gasteiger charge is -2.25. The predicted molar refractivity (Wildman–Crippen MR) is 156 cm³/mol. The van der Waals surface area contributed by atoms with Gasteiger partial charge in [0.2, 0.25) is 11.8 Å². The molecule has 3 amide bonds. The Morgan fingerprint density at radius 2 is 1.82 bits per heavy atom. The maximum Gasteiger partial charge on any atom is 0.255 e. The van der Waals surface area contributed by atoms with Crippen molar-refractivity contribution in [2.45, 2.75) is 37.0 Å². The molecule has 1 aliphatic rings. The standard InChI is InChI=1S/C30H26N4O3S2/c1-18(28(36)33-30-26(16-31)25-12-13-34(19(2)35)17-27(25)39-30)38-24-9-5-8-23(15-24)32-29(37)22-11-10-20-6-3-4-7-21(20)14-22/h3-11,14-15,18H,12-13,17H2,1-2H3,(H,32,37)(H,33,36). The van der Waals surface area contributed by atoms with E-state index in [0.717, 1.165) is 26.1 Å². The summed E-state index contributed by atoms with van der Waals surface area (Å²) in [6.45, 7) is 4.37.